The van der Waals surface area contributed by atoms with E-state index < -0.39 is 10.0 Å². The smallest absolute Gasteiger partial charge is 0.232 e. The van der Waals surface area contributed by atoms with E-state index in [4.69, 9.17) is 0 Å². The first-order valence-electron chi connectivity index (χ1n) is 8.26. The summed E-state index contributed by atoms with van der Waals surface area (Å²) in [5.74, 6) is 0.330. The third kappa shape index (κ3) is 4.70. The van der Waals surface area contributed by atoms with Crippen molar-refractivity contribution < 1.29 is 13.2 Å². The number of carbonyl (C=O) groups is 1. The molecule has 1 amide bonds. The molecule has 1 aromatic carbocycles. The minimum atomic E-state index is -3.33. The maximum absolute atomic E-state index is 12.1. The molecule has 1 aliphatic rings. The highest BCUT2D eigenvalue weighted by molar-refractivity contribution is 7.92. The summed E-state index contributed by atoms with van der Waals surface area (Å²) in [5, 5.41) is 0. The Morgan fingerprint density at radius 1 is 1.26 bits per heavy atom. The molecule has 0 saturated heterocycles. The Morgan fingerprint density at radius 3 is 2.65 bits per heavy atom. The number of rotatable bonds is 7. The zero-order chi connectivity index (χ0) is 17.0. The van der Waals surface area contributed by atoms with Crippen molar-refractivity contribution in [3.05, 3.63) is 23.8 Å². The maximum Gasteiger partial charge on any atom is 0.232 e. The van der Waals surface area contributed by atoms with Crippen LogP contribution in [0.5, 0.6) is 0 Å². The van der Waals surface area contributed by atoms with E-state index in [1.54, 1.807) is 6.07 Å². The van der Waals surface area contributed by atoms with Crippen molar-refractivity contribution in [1.29, 1.82) is 0 Å². The van der Waals surface area contributed by atoms with Gasteiger partial charge in [-0.05, 0) is 42.5 Å². The molecule has 1 aromatic rings. The topological polar surface area (TPSA) is 66.5 Å². The summed E-state index contributed by atoms with van der Waals surface area (Å²) < 4.78 is 26.8. The standard InChI is InChI=1S/C17H26N2O3S/c1-4-5-10-19-16-8-7-15(11-14(16)6-9-17(19)20)18-23(21,22)12-13(2)3/h7-8,11,13,18H,4-6,9-10,12H2,1-3H3. The zero-order valence-corrected chi connectivity index (χ0v) is 14.9. The summed E-state index contributed by atoms with van der Waals surface area (Å²) in [5.41, 5.74) is 2.53. The van der Waals surface area contributed by atoms with Crippen LogP contribution < -0.4 is 9.62 Å². The monoisotopic (exact) mass is 338 g/mol. The predicted molar refractivity (Wildman–Crippen MR) is 94.3 cm³/mol. The van der Waals surface area contributed by atoms with Gasteiger partial charge in [0.05, 0.1) is 5.75 Å². The number of fused-ring (bicyclic) bond motifs is 1. The molecular formula is C17H26N2O3S. The van der Waals surface area contributed by atoms with Gasteiger partial charge in [0.1, 0.15) is 0 Å². The fourth-order valence-corrected chi connectivity index (χ4v) is 4.29. The summed E-state index contributed by atoms with van der Waals surface area (Å²) in [4.78, 5) is 13.9. The number of anilines is 2. The van der Waals surface area contributed by atoms with Gasteiger partial charge >= 0.3 is 0 Å². The van der Waals surface area contributed by atoms with Crippen LogP contribution in [0, 0.1) is 5.92 Å². The minimum Gasteiger partial charge on any atom is -0.312 e. The molecule has 0 aliphatic carbocycles. The molecule has 0 fully saturated rings. The van der Waals surface area contributed by atoms with Crippen molar-refractivity contribution in [3.8, 4) is 0 Å². The van der Waals surface area contributed by atoms with Crippen LogP contribution in [0.2, 0.25) is 0 Å². The van der Waals surface area contributed by atoms with E-state index in [-0.39, 0.29) is 17.6 Å². The number of nitrogens with zero attached hydrogens (tertiary/aromatic N) is 1. The minimum absolute atomic E-state index is 0.0762. The molecule has 5 nitrogen and oxygen atoms in total. The summed E-state index contributed by atoms with van der Waals surface area (Å²) in [6.07, 6.45) is 3.15. The van der Waals surface area contributed by atoms with Crippen molar-refractivity contribution >= 4 is 27.3 Å². The number of aryl methyl sites for hydroxylation is 1. The Labute approximate surface area is 139 Å². The second-order valence-corrected chi connectivity index (χ2v) is 8.29. The molecule has 0 unspecified atom stereocenters. The van der Waals surface area contributed by atoms with Gasteiger partial charge in [-0.3, -0.25) is 9.52 Å². The van der Waals surface area contributed by atoms with Gasteiger partial charge in [-0.2, -0.15) is 0 Å². The van der Waals surface area contributed by atoms with Crippen LogP contribution in [0.15, 0.2) is 18.2 Å². The van der Waals surface area contributed by atoms with E-state index in [0.29, 0.717) is 18.5 Å². The molecule has 23 heavy (non-hydrogen) atoms. The molecule has 0 atom stereocenters. The Bertz CT molecular complexity index is 668. The summed E-state index contributed by atoms with van der Waals surface area (Å²) in [6, 6.07) is 5.46. The predicted octanol–water partition coefficient (Wildman–Crippen LogP) is 3.16. The Morgan fingerprint density at radius 2 is 2.00 bits per heavy atom. The summed E-state index contributed by atoms with van der Waals surface area (Å²) in [6.45, 7) is 6.58. The lowest BCUT2D eigenvalue weighted by atomic mass is 10.00. The lowest BCUT2D eigenvalue weighted by Crippen LogP contribution is -2.35. The number of sulfonamides is 1. The first kappa shape index (κ1) is 17.8. The van der Waals surface area contributed by atoms with E-state index in [1.165, 1.54) is 0 Å². The van der Waals surface area contributed by atoms with Crippen molar-refractivity contribution in [2.45, 2.75) is 46.5 Å². The Balaban J connectivity index is 2.21. The van der Waals surface area contributed by atoms with Gasteiger partial charge in [-0.25, -0.2) is 8.42 Å². The number of hydrogen-bond acceptors (Lipinski definition) is 3. The quantitative estimate of drug-likeness (QED) is 0.830. The van der Waals surface area contributed by atoms with E-state index >= 15 is 0 Å². The van der Waals surface area contributed by atoms with Gasteiger partial charge in [0.15, 0.2) is 0 Å². The average Bonchev–Trinajstić information content (AvgIpc) is 2.44. The number of unbranched alkanes of at least 4 members (excludes halogenated alkanes) is 1. The molecule has 1 N–H and O–H groups in total. The second-order valence-electron chi connectivity index (χ2n) is 6.52. The Kier molecular flexibility index (Phi) is 5.68. The van der Waals surface area contributed by atoms with Crippen LogP contribution in [0.1, 0.15) is 45.6 Å². The number of nitrogens with one attached hydrogen (secondary N) is 1. The van der Waals surface area contributed by atoms with Crippen LogP contribution in [0.3, 0.4) is 0 Å². The molecule has 0 spiro atoms. The van der Waals surface area contributed by atoms with Gasteiger partial charge in [-0.15, -0.1) is 0 Å². The van der Waals surface area contributed by atoms with Gasteiger partial charge in [0, 0.05) is 24.3 Å². The lowest BCUT2D eigenvalue weighted by Gasteiger charge is -2.30. The third-order valence-electron chi connectivity index (χ3n) is 3.84. The largest absolute Gasteiger partial charge is 0.312 e. The maximum atomic E-state index is 12.1. The number of benzene rings is 1. The van der Waals surface area contributed by atoms with Gasteiger partial charge < -0.3 is 4.90 Å². The Hall–Kier alpha value is -1.56. The highest BCUT2D eigenvalue weighted by atomic mass is 32.2. The van der Waals surface area contributed by atoms with Crippen molar-refractivity contribution in [2.24, 2.45) is 5.92 Å². The third-order valence-corrected chi connectivity index (χ3v) is 5.49. The molecule has 2 rings (SSSR count). The van der Waals surface area contributed by atoms with Crippen molar-refractivity contribution in [1.82, 2.24) is 0 Å². The number of amides is 1. The highest BCUT2D eigenvalue weighted by Crippen LogP contribution is 2.31. The molecule has 0 aromatic heterocycles. The summed E-state index contributed by atoms with van der Waals surface area (Å²) >= 11 is 0. The van der Waals surface area contributed by atoms with Crippen molar-refractivity contribution in [3.63, 3.8) is 0 Å². The van der Waals surface area contributed by atoms with Crippen LogP contribution in [-0.4, -0.2) is 26.6 Å². The highest BCUT2D eigenvalue weighted by Gasteiger charge is 2.24. The molecule has 6 heteroatoms. The van der Waals surface area contributed by atoms with E-state index in [9.17, 15) is 13.2 Å². The van der Waals surface area contributed by atoms with E-state index in [0.717, 1.165) is 30.6 Å². The fourth-order valence-electron chi connectivity index (χ4n) is 2.84. The molecule has 0 radical (unpaired) electrons. The molecule has 1 aliphatic heterocycles. The van der Waals surface area contributed by atoms with E-state index in [1.807, 2.05) is 30.9 Å². The van der Waals surface area contributed by atoms with E-state index in [2.05, 4.69) is 11.6 Å². The lowest BCUT2D eigenvalue weighted by molar-refractivity contribution is -0.118. The van der Waals surface area contributed by atoms with Gasteiger partial charge in [-0.1, -0.05) is 27.2 Å². The fraction of sp³-hybridized carbons (Fsp3) is 0.588. The molecule has 0 saturated carbocycles. The first-order chi connectivity index (χ1) is 10.8. The molecule has 0 bridgehead atoms. The van der Waals surface area contributed by atoms with Crippen molar-refractivity contribution in [2.75, 3.05) is 21.9 Å². The van der Waals surface area contributed by atoms with Gasteiger partial charge in [0.25, 0.3) is 0 Å². The summed E-state index contributed by atoms with van der Waals surface area (Å²) in [7, 11) is -3.33. The van der Waals surface area contributed by atoms with Crippen LogP contribution in [0.4, 0.5) is 11.4 Å². The van der Waals surface area contributed by atoms with Crippen LogP contribution in [0.25, 0.3) is 0 Å². The van der Waals surface area contributed by atoms with Gasteiger partial charge in [0.2, 0.25) is 15.9 Å². The SMILES string of the molecule is CCCCN1C(=O)CCc2cc(NS(=O)(=O)CC(C)C)ccc21. The molecule has 1 heterocycles. The molecular weight excluding hydrogens is 312 g/mol. The second kappa shape index (κ2) is 7.34. The van der Waals surface area contributed by atoms with Crippen LogP contribution >= 0.6 is 0 Å². The molecule has 128 valence electrons. The number of carbonyl (C=O) groups excluding carboxylic acids is 1. The first-order valence-corrected chi connectivity index (χ1v) is 9.91. The zero-order valence-electron chi connectivity index (χ0n) is 14.1. The number of hydrogen-bond donors (Lipinski definition) is 1. The van der Waals surface area contributed by atoms with Crippen LogP contribution in [-0.2, 0) is 21.2 Å². The normalized spacial score (nSPS) is 15.0. The average molecular weight is 338 g/mol.